The number of amides is 1. The lowest BCUT2D eigenvalue weighted by molar-refractivity contribution is -0.121. The molecule has 138 valence electrons. The Bertz CT molecular complexity index is 250. The molecule has 23 heavy (non-hydrogen) atoms. The lowest BCUT2D eigenvalue weighted by Crippen LogP contribution is -2.25. The molecule has 1 N–H and O–H groups in total. The van der Waals surface area contributed by atoms with Crippen LogP contribution in [0, 0.1) is 0 Å². The molecule has 0 saturated heterocycles. The van der Waals surface area contributed by atoms with E-state index in [1.807, 2.05) is 21.6 Å². The van der Waals surface area contributed by atoms with E-state index < -0.39 is 0 Å². The second-order valence-electron chi connectivity index (χ2n) is 6.28. The fraction of sp³-hybridized carbons (Fsp3) is 0.947. The number of hydrogen-bond acceptors (Lipinski definition) is 3. The van der Waals surface area contributed by atoms with Gasteiger partial charge in [0.15, 0.2) is 0 Å². The van der Waals surface area contributed by atoms with E-state index in [-0.39, 0.29) is 5.91 Å². The van der Waals surface area contributed by atoms with Gasteiger partial charge in [0, 0.05) is 24.5 Å². The molecule has 1 amide bonds. The SMILES string of the molecule is CCCCCCCCCCCCSSCCNC(=O)CCCC. The third-order valence-electron chi connectivity index (χ3n) is 3.93. The maximum Gasteiger partial charge on any atom is 0.220 e. The summed E-state index contributed by atoms with van der Waals surface area (Å²) in [6.45, 7) is 5.21. The molecule has 0 heterocycles. The zero-order valence-corrected chi connectivity index (χ0v) is 17.2. The van der Waals surface area contributed by atoms with Gasteiger partial charge in [-0.15, -0.1) is 0 Å². The van der Waals surface area contributed by atoms with Crippen molar-refractivity contribution in [1.29, 1.82) is 0 Å². The molecular weight excluding hydrogens is 322 g/mol. The number of hydrogen-bond donors (Lipinski definition) is 1. The van der Waals surface area contributed by atoms with Crippen LogP contribution in [0.4, 0.5) is 0 Å². The highest BCUT2D eigenvalue weighted by molar-refractivity contribution is 8.76. The second-order valence-corrected chi connectivity index (χ2v) is 8.98. The summed E-state index contributed by atoms with van der Waals surface area (Å²) >= 11 is 0. The summed E-state index contributed by atoms with van der Waals surface area (Å²) in [6.07, 6.45) is 16.9. The molecule has 0 aromatic rings. The highest BCUT2D eigenvalue weighted by atomic mass is 33.1. The Kier molecular flexibility index (Phi) is 20.4. The first-order chi connectivity index (χ1) is 11.3. The van der Waals surface area contributed by atoms with Crippen LogP contribution in [0.1, 0.15) is 97.3 Å². The first-order valence-electron chi connectivity index (χ1n) is 9.82. The molecule has 0 aliphatic heterocycles. The fourth-order valence-electron chi connectivity index (χ4n) is 2.42. The smallest absolute Gasteiger partial charge is 0.220 e. The lowest BCUT2D eigenvalue weighted by atomic mass is 10.1. The fourth-order valence-corrected chi connectivity index (χ4v) is 4.48. The average Bonchev–Trinajstić information content (AvgIpc) is 2.56. The maximum absolute atomic E-state index is 11.4. The van der Waals surface area contributed by atoms with Gasteiger partial charge in [-0.05, 0) is 12.8 Å². The van der Waals surface area contributed by atoms with Gasteiger partial charge in [-0.1, -0.05) is 99.6 Å². The summed E-state index contributed by atoms with van der Waals surface area (Å²) < 4.78 is 0. The van der Waals surface area contributed by atoms with Gasteiger partial charge in [0.2, 0.25) is 5.91 Å². The van der Waals surface area contributed by atoms with E-state index in [9.17, 15) is 4.79 Å². The standard InChI is InChI=1S/C19H39NOS2/c1-3-5-7-8-9-10-11-12-13-14-17-22-23-18-16-20-19(21)15-6-4-2/h3-18H2,1-2H3,(H,20,21). The predicted molar refractivity (Wildman–Crippen MR) is 109 cm³/mol. The molecule has 0 aromatic carbocycles. The molecule has 0 aromatic heterocycles. The zero-order valence-electron chi connectivity index (χ0n) is 15.5. The second kappa shape index (κ2) is 20.2. The van der Waals surface area contributed by atoms with Gasteiger partial charge in [0.05, 0.1) is 0 Å². The predicted octanol–water partition coefficient (Wildman–Crippen LogP) is 6.60. The third kappa shape index (κ3) is 20.1. The van der Waals surface area contributed by atoms with E-state index >= 15 is 0 Å². The summed E-state index contributed by atoms with van der Waals surface area (Å²) in [6, 6.07) is 0. The van der Waals surface area contributed by atoms with Gasteiger partial charge in [-0.25, -0.2) is 0 Å². The first kappa shape index (κ1) is 23.2. The van der Waals surface area contributed by atoms with Crippen LogP contribution in [0.3, 0.4) is 0 Å². The van der Waals surface area contributed by atoms with Gasteiger partial charge in [0.1, 0.15) is 0 Å². The van der Waals surface area contributed by atoms with Gasteiger partial charge in [-0.3, -0.25) is 4.79 Å². The van der Waals surface area contributed by atoms with Crippen molar-refractivity contribution in [2.75, 3.05) is 18.1 Å². The quantitative estimate of drug-likeness (QED) is 0.220. The van der Waals surface area contributed by atoms with Crippen LogP contribution < -0.4 is 5.32 Å². The molecule has 0 unspecified atom stereocenters. The van der Waals surface area contributed by atoms with Gasteiger partial charge in [0.25, 0.3) is 0 Å². The minimum Gasteiger partial charge on any atom is -0.355 e. The van der Waals surface area contributed by atoms with Crippen molar-refractivity contribution in [3.05, 3.63) is 0 Å². The molecule has 0 atom stereocenters. The van der Waals surface area contributed by atoms with E-state index in [2.05, 4.69) is 19.2 Å². The van der Waals surface area contributed by atoms with Crippen LogP contribution in [0.15, 0.2) is 0 Å². The number of unbranched alkanes of at least 4 members (excludes halogenated alkanes) is 10. The Balaban J connectivity index is 3.04. The van der Waals surface area contributed by atoms with E-state index in [0.717, 1.165) is 25.1 Å². The minimum absolute atomic E-state index is 0.215. The number of rotatable bonds is 18. The van der Waals surface area contributed by atoms with Crippen molar-refractivity contribution >= 4 is 27.5 Å². The molecule has 0 spiro atoms. The number of nitrogens with one attached hydrogen (secondary N) is 1. The molecule has 0 fully saturated rings. The Morgan fingerprint density at radius 3 is 1.83 bits per heavy atom. The van der Waals surface area contributed by atoms with Crippen molar-refractivity contribution in [3.8, 4) is 0 Å². The Morgan fingerprint density at radius 1 is 0.696 bits per heavy atom. The minimum atomic E-state index is 0.215. The highest BCUT2D eigenvalue weighted by Crippen LogP contribution is 2.22. The molecule has 2 nitrogen and oxygen atoms in total. The largest absolute Gasteiger partial charge is 0.355 e. The van der Waals surface area contributed by atoms with Gasteiger partial charge in [-0.2, -0.15) is 0 Å². The van der Waals surface area contributed by atoms with Crippen LogP contribution in [-0.4, -0.2) is 24.0 Å². The molecule has 4 heteroatoms. The molecule has 0 rings (SSSR count). The molecule has 0 bridgehead atoms. The van der Waals surface area contributed by atoms with Crippen molar-refractivity contribution in [2.24, 2.45) is 0 Å². The summed E-state index contributed by atoms with van der Waals surface area (Å²) in [4.78, 5) is 11.4. The molecule has 0 saturated carbocycles. The molecule has 0 radical (unpaired) electrons. The topological polar surface area (TPSA) is 29.1 Å². The summed E-state index contributed by atoms with van der Waals surface area (Å²) in [7, 11) is 3.87. The monoisotopic (exact) mass is 361 g/mol. The maximum atomic E-state index is 11.4. The third-order valence-corrected chi connectivity index (χ3v) is 6.42. The van der Waals surface area contributed by atoms with Crippen LogP contribution in [-0.2, 0) is 4.79 Å². The highest BCUT2D eigenvalue weighted by Gasteiger charge is 1.99. The van der Waals surface area contributed by atoms with E-state index in [0.29, 0.717) is 6.42 Å². The van der Waals surface area contributed by atoms with E-state index in [4.69, 9.17) is 0 Å². The number of carbonyl (C=O) groups is 1. The van der Waals surface area contributed by atoms with Crippen LogP contribution in [0.2, 0.25) is 0 Å². The lowest BCUT2D eigenvalue weighted by Gasteiger charge is -2.05. The zero-order chi connectivity index (χ0) is 17.0. The summed E-state index contributed by atoms with van der Waals surface area (Å²) in [5.74, 6) is 2.50. The van der Waals surface area contributed by atoms with Crippen molar-refractivity contribution < 1.29 is 4.79 Å². The van der Waals surface area contributed by atoms with Crippen LogP contribution in [0.25, 0.3) is 0 Å². The van der Waals surface area contributed by atoms with E-state index in [1.54, 1.807) is 0 Å². The van der Waals surface area contributed by atoms with Crippen molar-refractivity contribution in [1.82, 2.24) is 5.32 Å². The molecule has 0 aliphatic carbocycles. The van der Waals surface area contributed by atoms with Crippen LogP contribution in [0.5, 0.6) is 0 Å². The van der Waals surface area contributed by atoms with Crippen LogP contribution >= 0.6 is 21.6 Å². The van der Waals surface area contributed by atoms with E-state index in [1.165, 1.54) is 70.0 Å². The Labute approximate surface area is 153 Å². The molecular formula is C19H39NOS2. The Hall–Kier alpha value is 0.170. The van der Waals surface area contributed by atoms with Gasteiger partial charge >= 0.3 is 0 Å². The number of carbonyl (C=O) groups excluding carboxylic acids is 1. The summed E-state index contributed by atoms with van der Waals surface area (Å²) in [5.41, 5.74) is 0. The van der Waals surface area contributed by atoms with Gasteiger partial charge < -0.3 is 5.32 Å². The summed E-state index contributed by atoms with van der Waals surface area (Å²) in [5, 5.41) is 2.99. The molecule has 0 aliphatic rings. The van der Waals surface area contributed by atoms with Crippen molar-refractivity contribution in [2.45, 2.75) is 97.3 Å². The first-order valence-corrected chi connectivity index (χ1v) is 12.3. The van der Waals surface area contributed by atoms with Crippen molar-refractivity contribution in [3.63, 3.8) is 0 Å². The average molecular weight is 362 g/mol. The Morgan fingerprint density at radius 2 is 1.22 bits per heavy atom. The normalized spacial score (nSPS) is 10.9.